The second kappa shape index (κ2) is 10.6. The summed E-state index contributed by atoms with van der Waals surface area (Å²) in [6.07, 6.45) is 8.14. The zero-order chi connectivity index (χ0) is 21.4. The molecule has 0 unspecified atom stereocenters. The molecule has 3 rings (SSSR count). The highest BCUT2D eigenvalue weighted by Gasteiger charge is 2.28. The van der Waals surface area contributed by atoms with Crippen molar-refractivity contribution < 1.29 is 17.9 Å². The SMILES string of the molecule is Cc1ccc(S(=O)(=O)N2CCCCCCCCCCOC(=O)c3ccccc32)cc1. The lowest BCUT2D eigenvalue weighted by Crippen LogP contribution is -2.33. The predicted molar refractivity (Wildman–Crippen MR) is 119 cm³/mol. The van der Waals surface area contributed by atoms with Crippen molar-refractivity contribution in [1.82, 2.24) is 0 Å². The van der Waals surface area contributed by atoms with Crippen LogP contribution in [0.25, 0.3) is 0 Å². The fourth-order valence-corrected chi connectivity index (χ4v) is 5.25. The molecule has 2 aromatic rings. The smallest absolute Gasteiger partial charge is 0.340 e. The average Bonchev–Trinajstić information content (AvgIpc) is 2.74. The van der Waals surface area contributed by atoms with Gasteiger partial charge >= 0.3 is 5.97 Å². The average molecular weight is 430 g/mol. The molecule has 0 radical (unpaired) electrons. The minimum absolute atomic E-state index is 0.231. The highest BCUT2D eigenvalue weighted by Crippen LogP contribution is 2.29. The van der Waals surface area contributed by atoms with E-state index in [9.17, 15) is 13.2 Å². The Bertz CT molecular complexity index is 938. The van der Waals surface area contributed by atoms with Gasteiger partial charge in [-0.3, -0.25) is 4.31 Å². The number of cyclic esters (lactones) is 1. The number of carbonyl (C=O) groups excluding carboxylic acids is 1. The molecule has 162 valence electrons. The summed E-state index contributed by atoms with van der Waals surface area (Å²) in [7, 11) is -3.80. The van der Waals surface area contributed by atoms with E-state index < -0.39 is 16.0 Å². The van der Waals surface area contributed by atoms with E-state index in [1.54, 1.807) is 48.5 Å². The first-order chi connectivity index (χ1) is 14.5. The van der Waals surface area contributed by atoms with Crippen molar-refractivity contribution in [2.45, 2.75) is 63.2 Å². The van der Waals surface area contributed by atoms with Crippen molar-refractivity contribution in [2.24, 2.45) is 0 Å². The molecule has 0 fully saturated rings. The molecule has 0 amide bonds. The predicted octanol–water partition coefficient (Wildman–Crippen LogP) is 5.48. The molecule has 2 aromatic carbocycles. The van der Waals surface area contributed by atoms with Gasteiger partial charge in [0.25, 0.3) is 10.0 Å². The van der Waals surface area contributed by atoms with Crippen LogP contribution in [-0.2, 0) is 14.8 Å². The van der Waals surface area contributed by atoms with E-state index in [0.717, 1.165) is 50.5 Å². The molecule has 0 spiro atoms. The highest BCUT2D eigenvalue weighted by atomic mass is 32.2. The largest absolute Gasteiger partial charge is 0.462 e. The maximum Gasteiger partial charge on any atom is 0.340 e. The number of anilines is 1. The Kier molecular flexibility index (Phi) is 7.91. The van der Waals surface area contributed by atoms with Crippen LogP contribution in [0.4, 0.5) is 5.69 Å². The minimum Gasteiger partial charge on any atom is -0.462 e. The molecule has 0 bridgehead atoms. The maximum atomic E-state index is 13.5. The Morgan fingerprint density at radius 2 is 1.40 bits per heavy atom. The van der Waals surface area contributed by atoms with Crippen LogP contribution < -0.4 is 4.31 Å². The molecule has 30 heavy (non-hydrogen) atoms. The lowest BCUT2D eigenvalue weighted by Gasteiger charge is -2.26. The summed E-state index contributed by atoms with van der Waals surface area (Å²) >= 11 is 0. The van der Waals surface area contributed by atoms with E-state index in [1.165, 1.54) is 10.7 Å². The Balaban J connectivity index is 1.98. The number of carbonyl (C=O) groups is 1. The van der Waals surface area contributed by atoms with E-state index >= 15 is 0 Å². The van der Waals surface area contributed by atoms with Crippen molar-refractivity contribution in [1.29, 1.82) is 0 Å². The fraction of sp³-hybridized carbons (Fsp3) is 0.458. The third-order valence-corrected chi connectivity index (χ3v) is 7.32. The van der Waals surface area contributed by atoms with Crippen molar-refractivity contribution in [3.63, 3.8) is 0 Å². The Hall–Kier alpha value is -2.34. The number of aryl methyl sites for hydroxylation is 1. The number of benzene rings is 2. The zero-order valence-electron chi connectivity index (χ0n) is 17.7. The molecule has 0 atom stereocenters. The fourth-order valence-electron chi connectivity index (χ4n) is 3.73. The van der Waals surface area contributed by atoms with Crippen LogP contribution in [0, 0.1) is 6.92 Å². The van der Waals surface area contributed by atoms with E-state index in [1.807, 2.05) is 6.92 Å². The molecule has 6 heteroatoms. The lowest BCUT2D eigenvalue weighted by atomic mass is 10.1. The molecule has 0 saturated heterocycles. The Labute approximate surface area is 180 Å². The van der Waals surface area contributed by atoms with Gasteiger partial charge in [0.15, 0.2) is 0 Å². The van der Waals surface area contributed by atoms with Crippen LogP contribution >= 0.6 is 0 Å². The van der Waals surface area contributed by atoms with Gasteiger partial charge in [0.1, 0.15) is 0 Å². The van der Waals surface area contributed by atoms with Crippen molar-refractivity contribution >= 4 is 21.7 Å². The number of rotatable bonds is 2. The van der Waals surface area contributed by atoms with Gasteiger partial charge in [-0.25, -0.2) is 13.2 Å². The number of ether oxygens (including phenoxy) is 1. The summed E-state index contributed by atoms with van der Waals surface area (Å²) < 4.78 is 33.9. The number of para-hydroxylation sites is 1. The van der Waals surface area contributed by atoms with E-state index in [0.29, 0.717) is 24.4 Å². The van der Waals surface area contributed by atoms with Crippen LogP contribution in [-0.4, -0.2) is 27.5 Å². The van der Waals surface area contributed by atoms with Gasteiger partial charge < -0.3 is 4.74 Å². The Morgan fingerprint density at radius 1 is 0.800 bits per heavy atom. The van der Waals surface area contributed by atoms with Crippen LogP contribution in [0.5, 0.6) is 0 Å². The van der Waals surface area contributed by atoms with Gasteiger partial charge in [-0.2, -0.15) is 0 Å². The van der Waals surface area contributed by atoms with Crippen LogP contribution in [0.15, 0.2) is 53.4 Å². The van der Waals surface area contributed by atoms with Crippen LogP contribution in [0.3, 0.4) is 0 Å². The molecule has 1 aliphatic heterocycles. The van der Waals surface area contributed by atoms with Gasteiger partial charge in [-0.15, -0.1) is 0 Å². The maximum absolute atomic E-state index is 13.5. The van der Waals surface area contributed by atoms with E-state index in [2.05, 4.69) is 0 Å². The van der Waals surface area contributed by atoms with Crippen molar-refractivity contribution in [3.8, 4) is 0 Å². The van der Waals surface area contributed by atoms with E-state index in [4.69, 9.17) is 4.74 Å². The van der Waals surface area contributed by atoms with Gasteiger partial charge in [0.05, 0.1) is 22.8 Å². The number of sulfonamides is 1. The minimum atomic E-state index is -3.80. The number of nitrogens with zero attached hydrogens (tertiary/aromatic N) is 1. The second-order valence-corrected chi connectivity index (χ2v) is 9.73. The van der Waals surface area contributed by atoms with Gasteiger partial charge in [0, 0.05) is 6.54 Å². The summed E-state index contributed by atoms with van der Waals surface area (Å²) in [5.74, 6) is -0.468. The van der Waals surface area contributed by atoms with E-state index in [-0.39, 0.29) is 4.90 Å². The molecule has 1 aliphatic rings. The van der Waals surface area contributed by atoms with Crippen molar-refractivity contribution in [3.05, 3.63) is 59.7 Å². The van der Waals surface area contributed by atoms with Gasteiger partial charge in [-0.05, 0) is 44.0 Å². The normalized spacial score (nSPS) is 17.4. The topological polar surface area (TPSA) is 63.7 Å². The monoisotopic (exact) mass is 429 g/mol. The van der Waals surface area contributed by atoms with Crippen LogP contribution in [0.1, 0.15) is 67.3 Å². The summed E-state index contributed by atoms with van der Waals surface area (Å²) in [5, 5.41) is 0. The number of fused-ring (bicyclic) bond motifs is 1. The van der Waals surface area contributed by atoms with Gasteiger partial charge in [-0.1, -0.05) is 68.4 Å². The number of hydrogen-bond acceptors (Lipinski definition) is 4. The van der Waals surface area contributed by atoms with Crippen LogP contribution in [0.2, 0.25) is 0 Å². The summed E-state index contributed by atoms with van der Waals surface area (Å²) in [6.45, 7) is 2.62. The third-order valence-electron chi connectivity index (χ3n) is 5.49. The second-order valence-electron chi connectivity index (χ2n) is 7.87. The number of hydrogen-bond donors (Lipinski definition) is 0. The molecule has 0 aliphatic carbocycles. The number of esters is 1. The quantitative estimate of drug-likeness (QED) is 0.593. The standard InChI is InChI=1S/C24H31NO4S/c1-20-14-16-21(17-15-20)30(27,28)25-18-10-6-4-2-3-5-7-11-19-29-24(26)22-12-8-9-13-23(22)25/h8-9,12-17H,2-7,10-11,18-19H2,1H3. The first kappa shape index (κ1) is 22.3. The molecule has 0 saturated carbocycles. The molecular formula is C24H31NO4S. The molecule has 1 heterocycles. The summed E-state index contributed by atoms with van der Waals surface area (Å²) in [4.78, 5) is 13.0. The summed E-state index contributed by atoms with van der Waals surface area (Å²) in [5.41, 5.74) is 1.68. The lowest BCUT2D eigenvalue weighted by molar-refractivity contribution is 0.0498. The third kappa shape index (κ3) is 5.63. The summed E-state index contributed by atoms with van der Waals surface area (Å²) in [6, 6.07) is 13.7. The van der Waals surface area contributed by atoms with Gasteiger partial charge in [0.2, 0.25) is 0 Å². The first-order valence-electron chi connectivity index (χ1n) is 10.9. The molecular weight excluding hydrogens is 398 g/mol. The first-order valence-corrected chi connectivity index (χ1v) is 12.3. The molecule has 0 N–H and O–H groups in total. The molecule has 0 aromatic heterocycles. The van der Waals surface area contributed by atoms with Crippen molar-refractivity contribution in [2.75, 3.05) is 17.5 Å². The Morgan fingerprint density at radius 3 is 2.10 bits per heavy atom. The highest BCUT2D eigenvalue weighted by molar-refractivity contribution is 7.92. The zero-order valence-corrected chi connectivity index (χ0v) is 18.5. The molecule has 5 nitrogen and oxygen atoms in total.